The van der Waals surface area contributed by atoms with E-state index in [1.165, 1.54) is 12.0 Å². The van der Waals surface area contributed by atoms with E-state index in [9.17, 15) is 0 Å². The summed E-state index contributed by atoms with van der Waals surface area (Å²) in [5.41, 5.74) is 2.46. The van der Waals surface area contributed by atoms with Crippen LogP contribution >= 0.6 is 11.6 Å². The Morgan fingerprint density at radius 2 is 1.86 bits per heavy atom. The van der Waals surface area contributed by atoms with Crippen LogP contribution in [0, 0.1) is 5.92 Å². The Balaban J connectivity index is 1.79. The Labute approximate surface area is 137 Å². The van der Waals surface area contributed by atoms with Gasteiger partial charge in [0.05, 0.1) is 5.69 Å². The molecule has 0 spiro atoms. The number of benzene rings is 1. The zero-order valence-electron chi connectivity index (χ0n) is 13.1. The van der Waals surface area contributed by atoms with Gasteiger partial charge in [-0.2, -0.15) is 0 Å². The second kappa shape index (κ2) is 6.66. The van der Waals surface area contributed by atoms with Crippen molar-refractivity contribution in [2.24, 2.45) is 5.92 Å². The third kappa shape index (κ3) is 3.41. The minimum absolute atomic E-state index is 0.336. The van der Waals surface area contributed by atoms with Gasteiger partial charge >= 0.3 is 0 Å². The lowest BCUT2D eigenvalue weighted by Crippen LogP contribution is -2.23. The standard InChI is InChI=1S/C18H22ClN3/c1-12(2)11-20-17-10-16(21-18(19)22-17)15-9-8-14(15)13-6-4-3-5-7-13/h3-7,10,12,14-15H,8-9,11H2,1-2H3,(H,20,21,22). The first kappa shape index (κ1) is 15.3. The van der Waals surface area contributed by atoms with Crippen LogP contribution in [0.4, 0.5) is 5.82 Å². The molecule has 0 radical (unpaired) electrons. The average molecular weight is 316 g/mol. The Morgan fingerprint density at radius 1 is 1.14 bits per heavy atom. The normalized spacial score (nSPS) is 20.7. The van der Waals surface area contributed by atoms with Gasteiger partial charge in [-0.25, -0.2) is 9.97 Å². The topological polar surface area (TPSA) is 37.8 Å². The van der Waals surface area contributed by atoms with Crippen molar-refractivity contribution in [3.8, 4) is 0 Å². The van der Waals surface area contributed by atoms with Crippen LogP contribution in [0.15, 0.2) is 36.4 Å². The van der Waals surface area contributed by atoms with Crippen LogP contribution in [0.25, 0.3) is 0 Å². The van der Waals surface area contributed by atoms with Crippen LogP contribution in [-0.4, -0.2) is 16.5 Å². The first-order valence-corrected chi connectivity index (χ1v) is 8.34. The van der Waals surface area contributed by atoms with Crippen LogP contribution in [-0.2, 0) is 0 Å². The van der Waals surface area contributed by atoms with Gasteiger partial charge in [0.25, 0.3) is 0 Å². The Morgan fingerprint density at radius 3 is 2.50 bits per heavy atom. The van der Waals surface area contributed by atoms with Gasteiger partial charge in [0.15, 0.2) is 0 Å². The Hall–Kier alpha value is -1.61. The fourth-order valence-corrected chi connectivity index (χ4v) is 3.17. The Kier molecular flexibility index (Phi) is 4.63. The van der Waals surface area contributed by atoms with E-state index >= 15 is 0 Å². The number of nitrogens with one attached hydrogen (secondary N) is 1. The largest absolute Gasteiger partial charge is 0.370 e. The second-order valence-electron chi connectivity index (χ2n) is 6.42. The van der Waals surface area contributed by atoms with Crippen molar-refractivity contribution in [1.29, 1.82) is 0 Å². The fraction of sp³-hybridized carbons (Fsp3) is 0.444. The summed E-state index contributed by atoms with van der Waals surface area (Å²) in [6, 6.07) is 12.7. The maximum atomic E-state index is 6.12. The molecule has 116 valence electrons. The van der Waals surface area contributed by atoms with Gasteiger partial charge in [-0.05, 0) is 41.8 Å². The minimum Gasteiger partial charge on any atom is -0.370 e. The van der Waals surface area contributed by atoms with Crippen LogP contribution in [0.2, 0.25) is 5.28 Å². The van der Waals surface area contributed by atoms with Crippen molar-refractivity contribution in [3.05, 3.63) is 52.9 Å². The van der Waals surface area contributed by atoms with Crippen LogP contribution in [0.3, 0.4) is 0 Å². The first-order chi connectivity index (χ1) is 10.6. The minimum atomic E-state index is 0.336. The van der Waals surface area contributed by atoms with Gasteiger partial charge < -0.3 is 5.32 Å². The van der Waals surface area contributed by atoms with E-state index in [0.717, 1.165) is 24.5 Å². The molecule has 4 heteroatoms. The van der Waals surface area contributed by atoms with Gasteiger partial charge in [-0.15, -0.1) is 0 Å². The summed E-state index contributed by atoms with van der Waals surface area (Å²) in [6.07, 6.45) is 2.38. The molecule has 1 fully saturated rings. The predicted molar refractivity (Wildman–Crippen MR) is 91.5 cm³/mol. The molecule has 0 saturated heterocycles. The SMILES string of the molecule is CC(C)CNc1cc(C2CCC2c2ccccc2)nc(Cl)n1. The van der Waals surface area contributed by atoms with Crippen LogP contribution < -0.4 is 5.32 Å². The summed E-state index contributed by atoms with van der Waals surface area (Å²) in [5.74, 6) is 2.40. The second-order valence-corrected chi connectivity index (χ2v) is 6.76. The van der Waals surface area contributed by atoms with Crippen molar-refractivity contribution < 1.29 is 0 Å². The third-order valence-corrected chi connectivity index (χ3v) is 4.46. The smallest absolute Gasteiger partial charge is 0.224 e. The molecule has 1 aromatic carbocycles. The lowest BCUT2D eigenvalue weighted by atomic mass is 9.68. The molecule has 1 aliphatic carbocycles. The quantitative estimate of drug-likeness (QED) is 0.801. The van der Waals surface area contributed by atoms with E-state index in [4.69, 9.17) is 11.6 Å². The molecule has 2 aromatic rings. The molecule has 3 nitrogen and oxygen atoms in total. The summed E-state index contributed by atoms with van der Waals surface area (Å²) in [6.45, 7) is 5.24. The van der Waals surface area contributed by atoms with Crippen molar-refractivity contribution in [3.63, 3.8) is 0 Å². The molecule has 2 unspecified atom stereocenters. The molecule has 1 aliphatic rings. The van der Waals surface area contributed by atoms with Crippen molar-refractivity contribution in [2.75, 3.05) is 11.9 Å². The highest BCUT2D eigenvalue weighted by molar-refractivity contribution is 6.28. The van der Waals surface area contributed by atoms with Gasteiger partial charge in [-0.3, -0.25) is 0 Å². The van der Waals surface area contributed by atoms with Gasteiger partial charge in [0.1, 0.15) is 5.82 Å². The lowest BCUT2D eigenvalue weighted by molar-refractivity contribution is 0.339. The van der Waals surface area contributed by atoms with E-state index in [-0.39, 0.29) is 0 Å². The van der Waals surface area contributed by atoms with Crippen LogP contribution in [0.1, 0.15) is 49.8 Å². The Bertz CT molecular complexity index is 627. The number of anilines is 1. The van der Waals surface area contributed by atoms with Crippen molar-refractivity contribution in [1.82, 2.24) is 9.97 Å². The maximum absolute atomic E-state index is 6.12. The molecular weight excluding hydrogens is 294 g/mol. The average Bonchev–Trinajstić information content (AvgIpc) is 2.44. The number of hydrogen-bond donors (Lipinski definition) is 1. The molecule has 1 heterocycles. The summed E-state index contributed by atoms with van der Waals surface area (Å²) in [4.78, 5) is 8.76. The first-order valence-electron chi connectivity index (χ1n) is 7.97. The summed E-state index contributed by atoms with van der Waals surface area (Å²) < 4.78 is 0. The molecular formula is C18H22ClN3. The molecule has 3 rings (SSSR count). The van der Waals surface area contributed by atoms with Crippen LogP contribution in [0.5, 0.6) is 0 Å². The number of halogens is 1. The molecule has 1 saturated carbocycles. The fourth-order valence-electron chi connectivity index (χ4n) is 2.98. The molecule has 0 bridgehead atoms. The number of nitrogens with zero attached hydrogens (tertiary/aromatic N) is 2. The monoisotopic (exact) mass is 315 g/mol. The number of hydrogen-bond acceptors (Lipinski definition) is 3. The highest BCUT2D eigenvalue weighted by Crippen LogP contribution is 2.48. The zero-order chi connectivity index (χ0) is 15.5. The van der Waals surface area contributed by atoms with E-state index in [2.05, 4.69) is 65.5 Å². The van der Waals surface area contributed by atoms with E-state index in [0.29, 0.717) is 23.0 Å². The molecule has 22 heavy (non-hydrogen) atoms. The van der Waals surface area contributed by atoms with E-state index in [1.807, 2.05) is 0 Å². The molecule has 1 N–H and O–H groups in total. The van der Waals surface area contributed by atoms with Gasteiger partial charge in [0.2, 0.25) is 5.28 Å². The number of rotatable bonds is 5. The molecule has 0 aliphatic heterocycles. The van der Waals surface area contributed by atoms with Gasteiger partial charge in [0, 0.05) is 18.5 Å². The summed E-state index contributed by atoms with van der Waals surface area (Å²) in [5, 5.41) is 3.68. The molecule has 2 atom stereocenters. The third-order valence-electron chi connectivity index (χ3n) is 4.29. The number of aromatic nitrogens is 2. The van der Waals surface area contributed by atoms with E-state index in [1.54, 1.807) is 0 Å². The van der Waals surface area contributed by atoms with Gasteiger partial charge in [-0.1, -0.05) is 44.2 Å². The molecule has 0 amide bonds. The van der Waals surface area contributed by atoms with E-state index < -0.39 is 0 Å². The zero-order valence-corrected chi connectivity index (χ0v) is 13.8. The maximum Gasteiger partial charge on any atom is 0.224 e. The summed E-state index contributed by atoms with van der Waals surface area (Å²) in [7, 11) is 0. The highest BCUT2D eigenvalue weighted by atomic mass is 35.5. The van der Waals surface area contributed by atoms with Crippen molar-refractivity contribution in [2.45, 2.75) is 38.5 Å². The summed E-state index contributed by atoms with van der Waals surface area (Å²) >= 11 is 6.12. The van der Waals surface area contributed by atoms with Crippen molar-refractivity contribution >= 4 is 17.4 Å². The highest BCUT2D eigenvalue weighted by Gasteiger charge is 2.34. The lowest BCUT2D eigenvalue weighted by Gasteiger charge is -2.36. The predicted octanol–water partition coefficient (Wildman–Crippen LogP) is 4.86. The molecule has 1 aromatic heterocycles.